The summed E-state index contributed by atoms with van der Waals surface area (Å²) < 4.78 is 12.8. The number of hydrogen-bond acceptors (Lipinski definition) is 4. The molecule has 1 N–H and O–H groups in total. The van der Waals surface area contributed by atoms with Gasteiger partial charge >= 0.3 is 0 Å². The van der Waals surface area contributed by atoms with Crippen molar-refractivity contribution in [1.29, 1.82) is 0 Å². The number of halogens is 1. The largest absolute Gasteiger partial charge is 0.486 e. The Morgan fingerprint density at radius 2 is 2.04 bits per heavy atom. The molecule has 0 spiro atoms. The van der Waals surface area contributed by atoms with Crippen LogP contribution < -0.4 is 14.8 Å². The number of rotatable bonds is 5. The first-order valence-corrected chi connectivity index (χ1v) is 9.21. The molecule has 0 fully saturated rings. The molecule has 28 heavy (non-hydrogen) atoms. The fourth-order valence-corrected chi connectivity index (χ4v) is 3.11. The summed E-state index contributed by atoms with van der Waals surface area (Å²) in [6, 6.07) is 13.3. The first kappa shape index (κ1) is 18.1. The van der Waals surface area contributed by atoms with Crippen LogP contribution >= 0.6 is 11.6 Å². The number of nitrogens with one attached hydrogen (secondary N) is 1. The molecule has 0 radical (unpaired) electrons. The van der Waals surface area contributed by atoms with E-state index in [9.17, 15) is 4.79 Å². The van der Waals surface area contributed by atoms with Crippen LogP contribution in [0.25, 0.3) is 11.8 Å². The summed E-state index contributed by atoms with van der Waals surface area (Å²) in [5, 5.41) is 7.52. The number of aromatic nitrogens is 2. The number of amides is 1. The second-order valence-electron chi connectivity index (χ2n) is 6.20. The quantitative estimate of drug-likeness (QED) is 0.670. The van der Waals surface area contributed by atoms with E-state index in [2.05, 4.69) is 10.4 Å². The Morgan fingerprint density at radius 3 is 2.82 bits per heavy atom. The van der Waals surface area contributed by atoms with Gasteiger partial charge in [0.1, 0.15) is 13.2 Å². The van der Waals surface area contributed by atoms with Gasteiger partial charge in [0.15, 0.2) is 11.5 Å². The fraction of sp³-hybridized carbons (Fsp3) is 0.143. The lowest BCUT2D eigenvalue weighted by Gasteiger charge is -2.19. The summed E-state index contributed by atoms with van der Waals surface area (Å²) in [4.78, 5) is 12.1. The van der Waals surface area contributed by atoms with Crippen LogP contribution in [0.4, 0.5) is 0 Å². The van der Waals surface area contributed by atoms with Crippen molar-refractivity contribution in [3.63, 3.8) is 0 Å². The van der Waals surface area contributed by atoms with Crippen molar-refractivity contribution in [3.05, 3.63) is 77.1 Å². The highest BCUT2D eigenvalue weighted by molar-refractivity contribution is 6.32. The second-order valence-corrected chi connectivity index (χ2v) is 6.60. The molecule has 1 aliphatic rings. The van der Waals surface area contributed by atoms with E-state index in [1.54, 1.807) is 29.1 Å². The lowest BCUT2D eigenvalue weighted by molar-refractivity contribution is -0.116. The summed E-state index contributed by atoms with van der Waals surface area (Å²) in [6.07, 6.45) is 6.78. The van der Waals surface area contributed by atoms with E-state index in [0.29, 0.717) is 36.3 Å². The van der Waals surface area contributed by atoms with Crippen molar-refractivity contribution in [1.82, 2.24) is 15.1 Å². The molecule has 6 nitrogen and oxygen atoms in total. The minimum atomic E-state index is -0.192. The molecule has 0 bridgehead atoms. The molecule has 7 heteroatoms. The number of nitrogens with zero attached hydrogens (tertiary/aromatic N) is 2. The Kier molecular flexibility index (Phi) is 5.30. The molecule has 142 valence electrons. The third-order valence-corrected chi connectivity index (χ3v) is 4.50. The summed E-state index contributed by atoms with van der Waals surface area (Å²) >= 11 is 6.21. The van der Waals surface area contributed by atoms with Gasteiger partial charge in [-0.1, -0.05) is 23.7 Å². The first-order chi connectivity index (χ1) is 13.7. The summed E-state index contributed by atoms with van der Waals surface area (Å²) in [7, 11) is 0. The Balaban J connectivity index is 1.35. The first-order valence-electron chi connectivity index (χ1n) is 8.83. The van der Waals surface area contributed by atoms with Gasteiger partial charge in [0.2, 0.25) is 5.91 Å². The Morgan fingerprint density at radius 1 is 1.21 bits per heavy atom. The van der Waals surface area contributed by atoms with Crippen molar-refractivity contribution in [2.24, 2.45) is 0 Å². The zero-order chi connectivity index (χ0) is 19.3. The van der Waals surface area contributed by atoms with Gasteiger partial charge in [0.25, 0.3) is 0 Å². The lowest BCUT2D eigenvalue weighted by atomic mass is 10.1. The van der Waals surface area contributed by atoms with Crippen LogP contribution in [0.5, 0.6) is 11.5 Å². The van der Waals surface area contributed by atoms with Gasteiger partial charge in [0.05, 0.1) is 10.7 Å². The standard InChI is InChI=1S/C21H18ClN3O3/c22-18-12-16(13-19-21(18)28-11-10-27-19)4-7-20(26)23-14-15-2-5-17(6-3-15)25-9-1-8-24-25/h1-9,12-13H,10-11,14H2,(H,23,26). The summed E-state index contributed by atoms with van der Waals surface area (Å²) in [5.74, 6) is 0.950. The van der Waals surface area contributed by atoms with Crippen LogP contribution in [-0.4, -0.2) is 28.9 Å². The van der Waals surface area contributed by atoms with Crippen LogP contribution in [-0.2, 0) is 11.3 Å². The Hall–Kier alpha value is -3.25. The minimum absolute atomic E-state index is 0.192. The van der Waals surface area contributed by atoms with Crippen LogP contribution in [0.3, 0.4) is 0 Å². The third-order valence-electron chi connectivity index (χ3n) is 4.22. The van der Waals surface area contributed by atoms with Crippen molar-refractivity contribution in [3.8, 4) is 17.2 Å². The molecule has 0 atom stereocenters. The molecule has 0 saturated heterocycles. The molecular formula is C21H18ClN3O3. The van der Waals surface area contributed by atoms with Crippen molar-refractivity contribution in [2.45, 2.75) is 6.54 Å². The predicted molar refractivity (Wildman–Crippen MR) is 107 cm³/mol. The van der Waals surface area contributed by atoms with E-state index in [1.807, 2.05) is 36.5 Å². The average Bonchev–Trinajstić information content (AvgIpc) is 3.26. The molecule has 0 aliphatic carbocycles. The topological polar surface area (TPSA) is 65.4 Å². The maximum atomic E-state index is 12.1. The normalized spacial score (nSPS) is 12.9. The summed E-state index contributed by atoms with van der Waals surface area (Å²) in [5.41, 5.74) is 2.74. The number of carbonyl (C=O) groups is 1. The van der Waals surface area contributed by atoms with Gasteiger partial charge in [-0.05, 0) is 47.5 Å². The zero-order valence-electron chi connectivity index (χ0n) is 15.0. The van der Waals surface area contributed by atoms with Gasteiger partial charge in [-0.15, -0.1) is 0 Å². The maximum Gasteiger partial charge on any atom is 0.244 e. The van der Waals surface area contributed by atoms with Crippen molar-refractivity contribution < 1.29 is 14.3 Å². The maximum absolute atomic E-state index is 12.1. The van der Waals surface area contributed by atoms with Gasteiger partial charge in [0, 0.05) is 25.0 Å². The predicted octanol–water partition coefficient (Wildman–Crippen LogP) is 3.63. The number of carbonyl (C=O) groups excluding carboxylic acids is 1. The van der Waals surface area contributed by atoms with Crippen LogP contribution in [0.15, 0.2) is 60.9 Å². The van der Waals surface area contributed by atoms with Crippen molar-refractivity contribution in [2.75, 3.05) is 13.2 Å². The molecule has 1 aliphatic heterocycles. The number of fused-ring (bicyclic) bond motifs is 1. The van der Waals surface area contributed by atoms with Gasteiger partial charge < -0.3 is 14.8 Å². The van der Waals surface area contributed by atoms with E-state index in [-0.39, 0.29) is 5.91 Å². The second kappa shape index (κ2) is 8.19. The molecule has 2 heterocycles. The van der Waals surface area contributed by atoms with Crippen LogP contribution in [0.2, 0.25) is 5.02 Å². The Labute approximate surface area is 167 Å². The number of ether oxygens (including phenoxy) is 2. The lowest BCUT2D eigenvalue weighted by Crippen LogP contribution is -2.20. The van der Waals surface area contributed by atoms with Crippen LogP contribution in [0.1, 0.15) is 11.1 Å². The highest BCUT2D eigenvalue weighted by Crippen LogP contribution is 2.38. The third kappa shape index (κ3) is 4.18. The molecular weight excluding hydrogens is 378 g/mol. The minimum Gasteiger partial charge on any atom is -0.486 e. The molecule has 3 aromatic rings. The molecule has 0 saturated carbocycles. The monoisotopic (exact) mass is 395 g/mol. The highest BCUT2D eigenvalue weighted by Gasteiger charge is 2.15. The van der Waals surface area contributed by atoms with Gasteiger partial charge in [-0.3, -0.25) is 4.79 Å². The fourth-order valence-electron chi connectivity index (χ4n) is 2.84. The van der Waals surface area contributed by atoms with Crippen LogP contribution in [0, 0.1) is 0 Å². The molecule has 1 amide bonds. The van der Waals surface area contributed by atoms with Gasteiger partial charge in [-0.2, -0.15) is 5.10 Å². The van der Waals surface area contributed by atoms with E-state index >= 15 is 0 Å². The summed E-state index contributed by atoms with van der Waals surface area (Å²) in [6.45, 7) is 1.40. The molecule has 2 aromatic carbocycles. The number of benzene rings is 2. The highest BCUT2D eigenvalue weighted by atomic mass is 35.5. The smallest absolute Gasteiger partial charge is 0.244 e. The van der Waals surface area contributed by atoms with Gasteiger partial charge in [-0.25, -0.2) is 4.68 Å². The SMILES string of the molecule is O=C(C=Cc1cc(Cl)c2c(c1)OCCO2)NCc1ccc(-n2cccn2)cc1. The van der Waals surface area contributed by atoms with E-state index in [0.717, 1.165) is 16.8 Å². The molecule has 0 unspecified atom stereocenters. The van der Waals surface area contributed by atoms with E-state index in [1.165, 1.54) is 6.08 Å². The Bertz CT molecular complexity index is 998. The molecule has 1 aromatic heterocycles. The number of hydrogen-bond donors (Lipinski definition) is 1. The molecule has 4 rings (SSSR count). The average molecular weight is 396 g/mol. The van der Waals surface area contributed by atoms with E-state index < -0.39 is 0 Å². The van der Waals surface area contributed by atoms with Crippen molar-refractivity contribution >= 4 is 23.6 Å². The zero-order valence-corrected chi connectivity index (χ0v) is 15.7. The van der Waals surface area contributed by atoms with E-state index in [4.69, 9.17) is 21.1 Å².